The number of rotatable bonds is 3. The molecule has 1 aromatic carbocycles. The number of aliphatic hydroxyl groups is 1. The van der Waals surface area contributed by atoms with E-state index in [9.17, 15) is 9.50 Å². The molecule has 0 fully saturated rings. The minimum Gasteiger partial charge on any atom is -0.388 e. The lowest BCUT2D eigenvalue weighted by atomic mass is 10.1. The summed E-state index contributed by atoms with van der Waals surface area (Å²) in [6, 6.07) is 6.88. The van der Waals surface area contributed by atoms with Crippen LogP contribution in [0.1, 0.15) is 16.5 Å². The zero-order valence-corrected chi connectivity index (χ0v) is 12.6. The molecule has 0 radical (unpaired) electrons. The Morgan fingerprint density at radius 1 is 1.35 bits per heavy atom. The van der Waals surface area contributed by atoms with Crippen molar-refractivity contribution in [1.82, 2.24) is 0 Å². The van der Waals surface area contributed by atoms with Gasteiger partial charge in [-0.2, -0.15) is 0 Å². The molecule has 1 N–H and O–H groups in total. The van der Waals surface area contributed by atoms with Gasteiger partial charge in [0.25, 0.3) is 0 Å². The minimum atomic E-state index is -0.821. The Labute approximate surface area is 120 Å². The first-order valence-electron chi connectivity index (χ1n) is 4.93. The number of halogens is 3. The number of hydrogen-bond acceptors (Lipinski definition) is 2. The van der Waals surface area contributed by atoms with Crippen molar-refractivity contribution >= 4 is 43.2 Å². The summed E-state index contributed by atoms with van der Waals surface area (Å²) in [5, 5.41) is 12.0. The molecule has 5 heteroatoms. The van der Waals surface area contributed by atoms with E-state index >= 15 is 0 Å². The molecule has 1 aromatic heterocycles. The van der Waals surface area contributed by atoms with Gasteiger partial charge in [0.2, 0.25) is 0 Å². The van der Waals surface area contributed by atoms with Crippen LogP contribution in [0, 0.1) is 5.82 Å². The van der Waals surface area contributed by atoms with Gasteiger partial charge in [0.1, 0.15) is 5.82 Å². The molecule has 2 rings (SSSR count). The van der Waals surface area contributed by atoms with Gasteiger partial charge < -0.3 is 5.11 Å². The lowest BCUT2D eigenvalue weighted by Crippen LogP contribution is -2.03. The average molecular weight is 380 g/mol. The highest BCUT2D eigenvalue weighted by Gasteiger charge is 2.15. The smallest absolute Gasteiger partial charge is 0.143 e. The lowest BCUT2D eigenvalue weighted by Gasteiger charge is -2.11. The van der Waals surface area contributed by atoms with Gasteiger partial charge >= 0.3 is 0 Å². The van der Waals surface area contributed by atoms with Crippen molar-refractivity contribution in [1.29, 1.82) is 0 Å². The van der Waals surface area contributed by atoms with Crippen LogP contribution < -0.4 is 0 Å². The normalized spacial score (nSPS) is 12.7. The topological polar surface area (TPSA) is 20.2 Å². The van der Waals surface area contributed by atoms with Crippen LogP contribution in [0.5, 0.6) is 0 Å². The summed E-state index contributed by atoms with van der Waals surface area (Å²) in [6.07, 6.45) is -0.401. The van der Waals surface area contributed by atoms with Gasteiger partial charge in [-0.3, -0.25) is 0 Å². The molecular weight excluding hydrogens is 371 g/mol. The van der Waals surface area contributed by atoms with Gasteiger partial charge in [-0.1, -0.05) is 12.1 Å². The van der Waals surface area contributed by atoms with Crippen LogP contribution in [0.2, 0.25) is 0 Å². The molecule has 1 heterocycles. The largest absolute Gasteiger partial charge is 0.388 e. The first-order chi connectivity index (χ1) is 8.08. The second-order valence-corrected chi connectivity index (χ2v) is 6.36. The third-order valence-electron chi connectivity index (χ3n) is 2.36. The zero-order chi connectivity index (χ0) is 12.4. The first-order valence-corrected chi connectivity index (χ1v) is 7.39. The van der Waals surface area contributed by atoms with E-state index in [-0.39, 0.29) is 0 Å². The SMILES string of the molecule is OC(Cc1cc(Br)cs1)c1cccc(Br)c1F. The molecule has 0 bridgehead atoms. The quantitative estimate of drug-likeness (QED) is 0.820. The number of aliphatic hydroxyl groups excluding tert-OH is 1. The Kier molecular flexibility index (Phi) is 4.36. The molecule has 1 atom stereocenters. The lowest BCUT2D eigenvalue weighted by molar-refractivity contribution is 0.174. The molecular formula is C12H9Br2FOS. The zero-order valence-electron chi connectivity index (χ0n) is 8.66. The van der Waals surface area contributed by atoms with Crippen molar-refractivity contribution in [2.45, 2.75) is 12.5 Å². The van der Waals surface area contributed by atoms with Crippen molar-refractivity contribution in [2.75, 3.05) is 0 Å². The Balaban J connectivity index is 2.20. The van der Waals surface area contributed by atoms with Crippen LogP contribution in [-0.2, 0) is 6.42 Å². The monoisotopic (exact) mass is 378 g/mol. The third kappa shape index (κ3) is 3.16. The Morgan fingerprint density at radius 3 is 2.76 bits per heavy atom. The van der Waals surface area contributed by atoms with E-state index in [0.29, 0.717) is 16.5 Å². The summed E-state index contributed by atoms with van der Waals surface area (Å²) in [5.74, 6) is -0.393. The van der Waals surface area contributed by atoms with Crippen molar-refractivity contribution in [2.24, 2.45) is 0 Å². The van der Waals surface area contributed by atoms with E-state index in [0.717, 1.165) is 9.35 Å². The highest BCUT2D eigenvalue weighted by molar-refractivity contribution is 9.10. The van der Waals surface area contributed by atoms with Gasteiger partial charge in [0.15, 0.2) is 0 Å². The van der Waals surface area contributed by atoms with Gasteiger partial charge in [0, 0.05) is 26.7 Å². The van der Waals surface area contributed by atoms with Crippen LogP contribution >= 0.6 is 43.2 Å². The van der Waals surface area contributed by atoms with Crippen LogP contribution in [0.25, 0.3) is 0 Å². The number of benzene rings is 1. The van der Waals surface area contributed by atoms with Crippen LogP contribution in [0.15, 0.2) is 38.6 Å². The van der Waals surface area contributed by atoms with E-state index in [1.54, 1.807) is 29.5 Å². The molecule has 1 unspecified atom stereocenters. The minimum absolute atomic E-state index is 0.323. The third-order valence-corrected chi connectivity index (χ3v) is 4.69. The molecule has 0 aliphatic heterocycles. The van der Waals surface area contributed by atoms with Crippen LogP contribution in [0.4, 0.5) is 4.39 Å². The van der Waals surface area contributed by atoms with Gasteiger partial charge in [-0.15, -0.1) is 11.3 Å². The maximum Gasteiger partial charge on any atom is 0.143 e. The van der Waals surface area contributed by atoms with Crippen molar-refractivity contribution in [3.63, 3.8) is 0 Å². The van der Waals surface area contributed by atoms with E-state index in [2.05, 4.69) is 31.9 Å². The maximum absolute atomic E-state index is 13.7. The maximum atomic E-state index is 13.7. The Bertz CT molecular complexity index is 527. The molecule has 2 aromatic rings. The molecule has 0 aliphatic rings. The summed E-state index contributed by atoms with van der Waals surface area (Å²) >= 11 is 8.01. The highest BCUT2D eigenvalue weighted by atomic mass is 79.9. The predicted octanol–water partition coefficient (Wildman–Crippen LogP) is 4.69. The predicted molar refractivity (Wildman–Crippen MR) is 74.8 cm³/mol. The molecule has 0 amide bonds. The highest BCUT2D eigenvalue weighted by Crippen LogP contribution is 2.29. The molecule has 0 aliphatic carbocycles. The van der Waals surface area contributed by atoms with Gasteiger partial charge in [-0.05, 0) is 44.0 Å². The molecule has 0 saturated heterocycles. The standard InChI is InChI=1S/C12H9Br2FOS/c13-7-4-8(17-6-7)5-11(16)9-2-1-3-10(14)12(9)15/h1-4,6,11,16H,5H2. The van der Waals surface area contributed by atoms with E-state index < -0.39 is 11.9 Å². The van der Waals surface area contributed by atoms with Crippen LogP contribution in [0.3, 0.4) is 0 Å². The average Bonchev–Trinajstić information content (AvgIpc) is 2.68. The van der Waals surface area contributed by atoms with E-state index in [4.69, 9.17) is 0 Å². The Morgan fingerprint density at radius 2 is 2.12 bits per heavy atom. The van der Waals surface area contributed by atoms with Crippen molar-refractivity contribution < 1.29 is 9.50 Å². The summed E-state index contributed by atoms with van der Waals surface area (Å²) in [7, 11) is 0. The van der Waals surface area contributed by atoms with Crippen molar-refractivity contribution in [3.05, 3.63) is 54.8 Å². The second-order valence-electron chi connectivity index (χ2n) is 3.59. The summed E-state index contributed by atoms with van der Waals surface area (Å²) in [5.41, 5.74) is 0.323. The second kappa shape index (κ2) is 5.61. The molecule has 17 heavy (non-hydrogen) atoms. The molecule has 0 saturated carbocycles. The van der Waals surface area contributed by atoms with Crippen molar-refractivity contribution in [3.8, 4) is 0 Å². The Hall–Kier alpha value is -0.230. The summed E-state index contributed by atoms with van der Waals surface area (Å²) in [4.78, 5) is 1.02. The van der Waals surface area contributed by atoms with E-state index in [1.165, 1.54) is 0 Å². The van der Waals surface area contributed by atoms with Crippen LogP contribution in [-0.4, -0.2) is 5.11 Å². The fourth-order valence-corrected chi connectivity index (χ4v) is 3.41. The summed E-state index contributed by atoms with van der Waals surface area (Å²) in [6.45, 7) is 0. The van der Waals surface area contributed by atoms with Gasteiger partial charge in [0.05, 0.1) is 10.6 Å². The molecule has 1 nitrogen and oxygen atoms in total. The molecule has 0 spiro atoms. The number of hydrogen-bond donors (Lipinski definition) is 1. The number of thiophene rings is 1. The van der Waals surface area contributed by atoms with E-state index in [1.807, 2.05) is 11.4 Å². The molecule has 90 valence electrons. The summed E-state index contributed by atoms with van der Waals surface area (Å²) < 4.78 is 15.1. The van der Waals surface area contributed by atoms with Gasteiger partial charge in [-0.25, -0.2) is 4.39 Å². The fraction of sp³-hybridized carbons (Fsp3) is 0.167. The fourth-order valence-electron chi connectivity index (χ4n) is 1.54. The first kappa shape index (κ1) is 13.2.